The van der Waals surface area contributed by atoms with Gasteiger partial charge in [0.15, 0.2) is 5.16 Å². The molecule has 0 spiro atoms. The van der Waals surface area contributed by atoms with Crippen molar-refractivity contribution >= 4 is 17.7 Å². The number of hydrogen-bond acceptors (Lipinski definition) is 4. The Kier molecular flexibility index (Phi) is 10.3. The first kappa shape index (κ1) is 25.3. The molecule has 5 nitrogen and oxygen atoms in total. The van der Waals surface area contributed by atoms with Crippen LogP contribution in [0.2, 0.25) is 0 Å². The number of carbonyl (C=O) groups excluding carboxylic acids is 1. The average Bonchev–Trinajstić information content (AvgIpc) is 3.56. The van der Waals surface area contributed by atoms with Crippen molar-refractivity contribution in [2.45, 2.75) is 70.9 Å². The van der Waals surface area contributed by atoms with Crippen molar-refractivity contribution < 1.29 is 4.79 Å². The largest absolute Gasteiger partial charge is 0.356 e. The van der Waals surface area contributed by atoms with Crippen LogP contribution in [0, 0.1) is 11.8 Å². The number of rotatable bonds is 10. The number of para-hydroxylation sites is 1. The van der Waals surface area contributed by atoms with Crippen molar-refractivity contribution in [3.8, 4) is 5.69 Å². The molecule has 4 rings (SSSR count). The van der Waals surface area contributed by atoms with Crippen molar-refractivity contribution in [2.24, 2.45) is 11.8 Å². The topological polar surface area (TPSA) is 59.8 Å². The molecule has 1 N–H and O–H groups in total. The molecular formula is C27H38N4OS. The molecule has 1 aromatic heterocycles. The van der Waals surface area contributed by atoms with Crippen LogP contribution in [-0.4, -0.2) is 33.0 Å². The zero-order valence-electron chi connectivity index (χ0n) is 20.3. The van der Waals surface area contributed by atoms with Gasteiger partial charge in [-0.2, -0.15) is 0 Å². The lowest BCUT2D eigenvalue weighted by molar-refractivity contribution is -0.121. The monoisotopic (exact) mass is 466 g/mol. The first-order valence-electron chi connectivity index (χ1n) is 12.3. The molecule has 33 heavy (non-hydrogen) atoms. The Labute approximate surface area is 203 Å². The van der Waals surface area contributed by atoms with Gasteiger partial charge in [0.2, 0.25) is 5.91 Å². The molecule has 1 amide bonds. The van der Waals surface area contributed by atoms with Gasteiger partial charge < -0.3 is 5.32 Å². The second-order valence-electron chi connectivity index (χ2n) is 8.98. The molecule has 1 atom stereocenters. The fourth-order valence-corrected chi connectivity index (χ4v) is 4.50. The fourth-order valence-electron chi connectivity index (χ4n) is 3.80. The molecule has 1 saturated carbocycles. The maximum atomic E-state index is 11.8. The summed E-state index contributed by atoms with van der Waals surface area (Å²) in [7, 11) is 0. The van der Waals surface area contributed by atoms with Crippen LogP contribution in [0.3, 0.4) is 0 Å². The number of benzene rings is 1. The smallest absolute Gasteiger partial charge is 0.220 e. The molecule has 0 aliphatic heterocycles. The summed E-state index contributed by atoms with van der Waals surface area (Å²) in [5.41, 5.74) is 2.50. The number of amides is 1. The predicted octanol–water partition coefficient (Wildman–Crippen LogP) is 6.15. The zero-order valence-corrected chi connectivity index (χ0v) is 21.1. The Morgan fingerprint density at radius 1 is 1.18 bits per heavy atom. The summed E-state index contributed by atoms with van der Waals surface area (Å²) in [6.07, 6.45) is 13.7. The molecule has 2 aliphatic rings. The van der Waals surface area contributed by atoms with E-state index in [2.05, 4.69) is 71.2 Å². The average molecular weight is 467 g/mol. The van der Waals surface area contributed by atoms with Gasteiger partial charge in [0, 0.05) is 25.1 Å². The van der Waals surface area contributed by atoms with Crippen LogP contribution >= 0.6 is 11.8 Å². The number of hydrogen-bond donors (Lipinski definition) is 1. The molecular weight excluding hydrogens is 428 g/mol. The van der Waals surface area contributed by atoms with Gasteiger partial charge in [-0.25, -0.2) is 0 Å². The number of nitrogens with one attached hydrogen (secondary N) is 1. The molecule has 1 heterocycles. The fraction of sp³-hybridized carbons (Fsp3) is 0.519. The minimum absolute atomic E-state index is 0.179. The Morgan fingerprint density at radius 2 is 1.97 bits per heavy atom. The van der Waals surface area contributed by atoms with Gasteiger partial charge in [-0.05, 0) is 68.7 Å². The van der Waals surface area contributed by atoms with Gasteiger partial charge >= 0.3 is 0 Å². The lowest BCUT2D eigenvalue weighted by Gasteiger charge is -2.09. The molecule has 0 bridgehead atoms. The summed E-state index contributed by atoms with van der Waals surface area (Å²) >= 11 is 1.70. The van der Waals surface area contributed by atoms with E-state index in [0.717, 1.165) is 60.1 Å². The number of carbonyl (C=O) groups is 1. The zero-order chi connectivity index (χ0) is 23.5. The third kappa shape index (κ3) is 8.84. The van der Waals surface area contributed by atoms with Crippen molar-refractivity contribution in [3.05, 3.63) is 60.0 Å². The van der Waals surface area contributed by atoms with Gasteiger partial charge in [-0.1, -0.05) is 67.6 Å². The van der Waals surface area contributed by atoms with Gasteiger partial charge in [-0.3, -0.25) is 9.36 Å². The van der Waals surface area contributed by atoms with E-state index in [4.69, 9.17) is 0 Å². The summed E-state index contributed by atoms with van der Waals surface area (Å²) in [6.45, 7) is 7.37. The third-order valence-corrected chi connectivity index (χ3v) is 6.57. The van der Waals surface area contributed by atoms with Gasteiger partial charge in [-0.15, -0.1) is 10.2 Å². The highest BCUT2D eigenvalue weighted by Gasteiger charge is 2.21. The first-order chi connectivity index (χ1) is 16.1. The van der Waals surface area contributed by atoms with E-state index >= 15 is 0 Å². The maximum absolute atomic E-state index is 11.8. The van der Waals surface area contributed by atoms with Crippen molar-refractivity contribution in [1.82, 2.24) is 20.1 Å². The normalized spacial score (nSPS) is 17.2. The number of unbranched alkanes of at least 4 members (excludes halogenated alkanes) is 1. The second kappa shape index (κ2) is 13.4. The Bertz CT molecular complexity index is 931. The number of allylic oxidation sites excluding steroid dienone is 4. The Hall–Kier alpha value is -2.34. The lowest BCUT2D eigenvalue weighted by atomic mass is 9.99. The van der Waals surface area contributed by atoms with Gasteiger partial charge in [0.25, 0.3) is 0 Å². The number of aromatic nitrogens is 3. The number of aryl methyl sites for hydroxylation is 1. The SMILES string of the molecule is CC1=CC(C)CC=C1.CCSc1nnc(CCCCC(=O)NCC2CC2)n1-c1ccccc1. The van der Waals surface area contributed by atoms with Crippen LogP contribution in [0.1, 0.15) is 65.1 Å². The van der Waals surface area contributed by atoms with E-state index in [-0.39, 0.29) is 5.91 Å². The predicted molar refractivity (Wildman–Crippen MR) is 138 cm³/mol. The first-order valence-corrected chi connectivity index (χ1v) is 13.3. The highest BCUT2D eigenvalue weighted by molar-refractivity contribution is 7.99. The summed E-state index contributed by atoms with van der Waals surface area (Å²) in [5, 5.41) is 12.7. The van der Waals surface area contributed by atoms with Crippen LogP contribution in [0.25, 0.3) is 5.69 Å². The van der Waals surface area contributed by atoms with E-state index in [1.807, 2.05) is 18.2 Å². The van der Waals surface area contributed by atoms with E-state index in [0.29, 0.717) is 6.42 Å². The molecule has 2 aliphatic carbocycles. The molecule has 6 heteroatoms. The molecule has 1 fully saturated rings. The molecule has 0 radical (unpaired) electrons. The van der Waals surface area contributed by atoms with Crippen molar-refractivity contribution in [1.29, 1.82) is 0 Å². The quantitative estimate of drug-likeness (QED) is 0.337. The van der Waals surface area contributed by atoms with Gasteiger partial charge in [0.1, 0.15) is 5.82 Å². The van der Waals surface area contributed by atoms with E-state index in [1.54, 1.807) is 11.8 Å². The summed E-state index contributed by atoms with van der Waals surface area (Å²) in [6, 6.07) is 10.2. The molecule has 2 aromatic rings. The minimum Gasteiger partial charge on any atom is -0.356 e. The summed E-state index contributed by atoms with van der Waals surface area (Å²) in [5.74, 6) is 3.62. The second-order valence-corrected chi connectivity index (χ2v) is 10.2. The Morgan fingerprint density at radius 3 is 2.61 bits per heavy atom. The highest BCUT2D eigenvalue weighted by Crippen LogP contribution is 2.27. The Balaban J connectivity index is 0.000000323. The van der Waals surface area contributed by atoms with E-state index < -0.39 is 0 Å². The molecule has 0 saturated heterocycles. The molecule has 1 unspecified atom stereocenters. The van der Waals surface area contributed by atoms with Crippen LogP contribution in [0.4, 0.5) is 0 Å². The summed E-state index contributed by atoms with van der Waals surface area (Å²) < 4.78 is 2.14. The van der Waals surface area contributed by atoms with Crippen molar-refractivity contribution in [3.63, 3.8) is 0 Å². The minimum atomic E-state index is 0.179. The molecule has 178 valence electrons. The van der Waals surface area contributed by atoms with E-state index in [9.17, 15) is 4.79 Å². The van der Waals surface area contributed by atoms with Gasteiger partial charge in [0.05, 0.1) is 0 Å². The summed E-state index contributed by atoms with van der Waals surface area (Å²) in [4.78, 5) is 11.8. The lowest BCUT2D eigenvalue weighted by Crippen LogP contribution is -2.25. The van der Waals surface area contributed by atoms with E-state index in [1.165, 1.54) is 24.8 Å². The van der Waals surface area contributed by atoms with Crippen LogP contribution in [-0.2, 0) is 11.2 Å². The standard InChI is InChI=1S/C19H26N4OS.C8H12/c1-2-25-19-22-21-17(23(19)16-8-4-3-5-9-16)10-6-7-11-18(24)20-14-15-12-13-15;1-7-4-3-5-8(2)6-7/h3-5,8-9,15H,2,6-7,10-14H2,1H3,(H,20,24);3-4,6,8H,5H2,1-2H3. The van der Waals surface area contributed by atoms with Crippen LogP contribution in [0.5, 0.6) is 0 Å². The maximum Gasteiger partial charge on any atom is 0.220 e. The van der Waals surface area contributed by atoms with Crippen molar-refractivity contribution in [2.75, 3.05) is 12.3 Å². The number of thioether (sulfide) groups is 1. The number of nitrogens with zero attached hydrogens (tertiary/aromatic N) is 3. The highest BCUT2D eigenvalue weighted by atomic mass is 32.2. The molecule has 1 aromatic carbocycles. The third-order valence-electron chi connectivity index (χ3n) is 5.76. The van der Waals surface area contributed by atoms with Crippen LogP contribution in [0.15, 0.2) is 59.3 Å². The van der Waals surface area contributed by atoms with Crippen LogP contribution < -0.4 is 5.32 Å².